The predicted octanol–water partition coefficient (Wildman–Crippen LogP) is 9.03. The van der Waals surface area contributed by atoms with E-state index < -0.39 is 11.9 Å². The van der Waals surface area contributed by atoms with Gasteiger partial charge in [0.1, 0.15) is 24.7 Å². The van der Waals surface area contributed by atoms with E-state index in [1.165, 1.54) is 24.3 Å². The van der Waals surface area contributed by atoms with Gasteiger partial charge in [0.05, 0.1) is 35.6 Å². The number of benzene rings is 3. The maximum absolute atomic E-state index is 12.3. The normalized spacial score (nSPS) is 11.4. The van der Waals surface area contributed by atoms with Crippen LogP contribution < -0.4 is 9.47 Å². The van der Waals surface area contributed by atoms with Crippen molar-refractivity contribution in [2.75, 3.05) is 19.8 Å². The zero-order valence-corrected chi connectivity index (χ0v) is 28.2. The van der Waals surface area contributed by atoms with E-state index in [9.17, 15) is 9.59 Å². The third kappa shape index (κ3) is 8.08. The molecule has 1 N–H and O–H groups in total. The molecule has 3 aromatic carbocycles. The number of carboxylic acid groups (broad SMARTS) is 1. The minimum absolute atomic E-state index is 0.00443. The van der Waals surface area contributed by atoms with E-state index in [4.69, 9.17) is 19.3 Å². The largest absolute Gasteiger partial charge is 0.491 e. The molecule has 0 atom stereocenters. The molecule has 39 heavy (non-hydrogen) atoms. The summed E-state index contributed by atoms with van der Waals surface area (Å²) in [6.07, 6.45) is 0. The molecule has 0 spiro atoms. The Kier molecular flexibility index (Phi) is 11.1. The standard InChI is InChI=1S/C29H28Br4O6/c1-16(2)15-39-26-23(32)13-20(14-24(26)33)29(3,4)19-11-21(30)25(22(31)12-19)37-8-9-38-28(36)18-7-5-6-17(10-18)27(34)35/h5-7,10-14,16H,8-9,15H2,1-4H3,(H,34,35). The van der Waals surface area contributed by atoms with Crippen LogP contribution in [0.2, 0.25) is 0 Å². The second-order valence-corrected chi connectivity index (χ2v) is 13.2. The van der Waals surface area contributed by atoms with Crippen LogP contribution in [0.1, 0.15) is 59.5 Å². The number of halogens is 4. The topological polar surface area (TPSA) is 82.1 Å². The quantitative estimate of drug-likeness (QED) is 0.154. The second-order valence-electron chi connectivity index (χ2n) is 9.74. The van der Waals surface area contributed by atoms with Crippen molar-refractivity contribution in [2.45, 2.75) is 33.1 Å². The lowest BCUT2D eigenvalue weighted by Crippen LogP contribution is -2.20. The van der Waals surface area contributed by atoms with Crippen LogP contribution in [0.15, 0.2) is 66.4 Å². The molecule has 0 saturated heterocycles. The maximum atomic E-state index is 12.3. The summed E-state index contributed by atoms with van der Waals surface area (Å²) in [6.45, 7) is 9.23. The average molecular weight is 792 g/mol. The lowest BCUT2D eigenvalue weighted by atomic mass is 9.78. The lowest BCUT2D eigenvalue weighted by Gasteiger charge is -2.28. The summed E-state index contributed by atoms with van der Waals surface area (Å²) in [7, 11) is 0. The summed E-state index contributed by atoms with van der Waals surface area (Å²) in [5.74, 6) is 0.0540. The Hall–Kier alpha value is -1.88. The van der Waals surface area contributed by atoms with Gasteiger partial charge in [-0.2, -0.15) is 0 Å². The van der Waals surface area contributed by atoms with Gasteiger partial charge >= 0.3 is 11.9 Å². The van der Waals surface area contributed by atoms with Gasteiger partial charge in [-0.1, -0.05) is 33.8 Å². The minimum atomic E-state index is -1.11. The van der Waals surface area contributed by atoms with Crippen molar-refractivity contribution < 1.29 is 28.9 Å². The first-order valence-electron chi connectivity index (χ1n) is 12.1. The van der Waals surface area contributed by atoms with Gasteiger partial charge in [-0.15, -0.1) is 0 Å². The van der Waals surface area contributed by atoms with Crippen LogP contribution in [0, 0.1) is 5.92 Å². The first-order chi connectivity index (χ1) is 18.3. The number of carbonyl (C=O) groups is 2. The molecule has 0 aliphatic rings. The molecule has 0 bridgehead atoms. The molecule has 10 heteroatoms. The third-order valence-electron chi connectivity index (χ3n) is 5.91. The molecule has 3 rings (SSSR count). The van der Waals surface area contributed by atoms with Gasteiger partial charge in [-0.05, 0) is 123 Å². The number of esters is 1. The van der Waals surface area contributed by atoms with Crippen molar-refractivity contribution in [2.24, 2.45) is 5.92 Å². The summed E-state index contributed by atoms with van der Waals surface area (Å²) < 4.78 is 20.4. The molecule has 0 fully saturated rings. The Morgan fingerprint density at radius 1 is 0.795 bits per heavy atom. The number of carboxylic acids is 1. The van der Waals surface area contributed by atoms with E-state index in [-0.39, 0.29) is 29.8 Å². The molecule has 208 valence electrons. The van der Waals surface area contributed by atoms with Crippen molar-refractivity contribution in [1.29, 1.82) is 0 Å². The molecular formula is C29H28Br4O6. The van der Waals surface area contributed by atoms with Crippen LogP contribution in [-0.2, 0) is 10.2 Å². The van der Waals surface area contributed by atoms with E-state index in [1.54, 1.807) is 0 Å². The van der Waals surface area contributed by atoms with Crippen molar-refractivity contribution in [1.82, 2.24) is 0 Å². The Bertz CT molecular complexity index is 1320. The van der Waals surface area contributed by atoms with E-state index >= 15 is 0 Å². The zero-order valence-electron chi connectivity index (χ0n) is 21.8. The fourth-order valence-corrected chi connectivity index (χ4v) is 6.51. The number of hydrogen-bond acceptors (Lipinski definition) is 5. The number of carbonyl (C=O) groups excluding carboxylic acids is 1. The van der Waals surface area contributed by atoms with Crippen LogP contribution in [0.4, 0.5) is 0 Å². The van der Waals surface area contributed by atoms with E-state index in [0.717, 1.165) is 34.8 Å². The number of hydrogen-bond donors (Lipinski definition) is 1. The Morgan fingerprint density at radius 2 is 1.28 bits per heavy atom. The fourth-order valence-electron chi connectivity index (χ4n) is 3.67. The molecule has 0 aliphatic heterocycles. The van der Waals surface area contributed by atoms with Crippen LogP contribution in [0.5, 0.6) is 11.5 Å². The molecule has 6 nitrogen and oxygen atoms in total. The maximum Gasteiger partial charge on any atom is 0.338 e. The van der Waals surface area contributed by atoms with Gasteiger partial charge in [0.25, 0.3) is 0 Å². The first-order valence-corrected chi connectivity index (χ1v) is 15.2. The van der Waals surface area contributed by atoms with E-state index in [0.29, 0.717) is 18.3 Å². The van der Waals surface area contributed by atoms with Gasteiger partial charge in [-0.3, -0.25) is 0 Å². The Morgan fingerprint density at radius 3 is 1.77 bits per heavy atom. The van der Waals surface area contributed by atoms with Crippen molar-refractivity contribution in [3.05, 3.63) is 88.7 Å². The molecule has 0 aliphatic carbocycles. The highest BCUT2D eigenvalue weighted by Gasteiger charge is 2.27. The minimum Gasteiger partial charge on any atom is -0.491 e. The van der Waals surface area contributed by atoms with Crippen LogP contribution in [-0.4, -0.2) is 36.9 Å². The van der Waals surface area contributed by atoms with E-state index in [1.807, 2.05) is 12.1 Å². The second kappa shape index (κ2) is 13.7. The SMILES string of the molecule is CC(C)COc1c(Br)cc(C(C)(C)c2cc(Br)c(OCCOC(=O)c3cccc(C(=O)O)c3)c(Br)c2)cc1Br. The van der Waals surface area contributed by atoms with Gasteiger partial charge < -0.3 is 19.3 Å². The van der Waals surface area contributed by atoms with Crippen molar-refractivity contribution >= 4 is 75.7 Å². The molecule has 0 radical (unpaired) electrons. The average Bonchev–Trinajstić information content (AvgIpc) is 2.86. The summed E-state index contributed by atoms with van der Waals surface area (Å²) in [5, 5.41) is 9.10. The summed E-state index contributed by atoms with van der Waals surface area (Å²) in [5.41, 5.74) is 1.97. The summed E-state index contributed by atoms with van der Waals surface area (Å²) in [4.78, 5) is 23.4. The first kappa shape index (κ1) is 31.6. The zero-order chi connectivity index (χ0) is 28.9. The summed E-state index contributed by atoms with van der Waals surface area (Å²) in [6, 6.07) is 13.9. The van der Waals surface area contributed by atoms with Crippen molar-refractivity contribution in [3.8, 4) is 11.5 Å². The number of ether oxygens (including phenoxy) is 3. The molecule has 0 heterocycles. The molecule has 0 aromatic heterocycles. The highest BCUT2D eigenvalue weighted by Crippen LogP contribution is 2.44. The monoisotopic (exact) mass is 788 g/mol. The van der Waals surface area contributed by atoms with E-state index in [2.05, 4.69) is 104 Å². The van der Waals surface area contributed by atoms with Crippen LogP contribution in [0.25, 0.3) is 0 Å². The third-order valence-corrected chi connectivity index (χ3v) is 8.27. The highest BCUT2D eigenvalue weighted by atomic mass is 79.9. The highest BCUT2D eigenvalue weighted by molar-refractivity contribution is 9.11. The molecule has 0 saturated carbocycles. The fraction of sp³-hybridized carbons (Fsp3) is 0.310. The molecular weight excluding hydrogens is 764 g/mol. The molecule has 3 aromatic rings. The Labute approximate surface area is 261 Å². The summed E-state index contributed by atoms with van der Waals surface area (Å²) >= 11 is 14.6. The van der Waals surface area contributed by atoms with Gasteiger partial charge in [0.2, 0.25) is 0 Å². The lowest BCUT2D eigenvalue weighted by molar-refractivity contribution is 0.0449. The number of rotatable bonds is 11. The molecule has 0 unspecified atom stereocenters. The van der Waals surface area contributed by atoms with Crippen LogP contribution in [0.3, 0.4) is 0 Å². The van der Waals surface area contributed by atoms with Gasteiger partial charge in [0.15, 0.2) is 0 Å². The van der Waals surface area contributed by atoms with Gasteiger partial charge in [-0.25, -0.2) is 9.59 Å². The predicted molar refractivity (Wildman–Crippen MR) is 165 cm³/mol. The molecule has 0 amide bonds. The van der Waals surface area contributed by atoms with Crippen LogP contribution >= 0.6 is 63.7 Å². The van der Waals surface area contributed by atoms with Gasteiger partial charge in [0, 0.05) is 5.41 Å². The Balaban J connectivity index is 1.69. The smallest absolute Gasteiger partial charge is 0.338 e. The number of aromatic carboxylic acids is 1. The van der Waals surface area contributed by atoms with Crippen molar-refractivity contribution in [3.63, 3.8) is 0 Å².